The molecule has 3 rings (SSSR count). The van der Waals surface area contributed by atoms with Crippen LogP contribution in [-0.4, -0.2) is 29.0 Å². The highest BCUT2D eigenvalue weighted by atomic mass is 32.2. The van der Waals surface area contributed by atoms with Gasteiger partial charge in [-0.1, -0.05) is 60.7 Å². The van der Waals surface area contributed by atoms with Gasteiger partial charge in [0.2, 0.25) is 0 Å². The van der Waals surface area contributed by atoms with E-state index in [1.807, 2.05) is 12.1 Å². The molecule has 0 atom stereocenters. The van der Waals surface area contributed by atoms with Crippen LogP contribution < -0.4 is 0 Å². The van der Waals surface area contributed by atoms with Crippen LogP contribution in [0.3, 0.4) is 0 Å². The molecule has 0 amide bonds. The van der Waals surface area contributed by atoms with Crippen molar-refractivity contribution in [2.24, 2.45) is 0 Å². The molecule has 0 bridgehead atoms. The summed E-state index contributed by atoms with van der Waals surface area (Å²) in [6.07, 6.45) is 0.897. The summed E-state index contributed by atoms with van der Waals surface area (Å²) in [4.78, 5) is 0. The van der Waals surface area contributed by atoms with E-state index in [1.54, 1.807) is 48.5 Å². The first-order valence-electron chi connectivity index (χ1n) is 9.21. The Morgan fingerprint density at radius 2 is 0.929 bits per heavy atom. The van der Waals surface area contributed by atoms with E-state index in [0.29, 0.717) is 36.8 Å². The van der Waals surface area contributed by atoms with Crippen molar-refractivity contribution in [3.63, 3.8) is 0 Å². The van der Waals surface area contributed by atoms with E-state index < -0.39 is 32.4 Å². The van der Waals surface area contributed by atoms with Crippen LogP contribution in [0.25, 0.3) is 0 Å². The Hall–Kier alpha value is -1.74. The Balaban J connectivity index is 1.47. The van der Waals surface area contributed by atoms with Gasteiger partial charge >= 0.3 is 0 Å². The fourth-order valence-corrected chi connectivity index (χ4v) is 5.82. The Kier molecular flexibility index (Phi) is 6.87. The van der Waals surface area contributed by atoms with Gasteiger partial charge in [-0.15, -0.1) is 0 Å². The van der Waals surface area contributed by atoms with E-state index in [2.05, 4.69) is 0 Å². The second-order valence-electron chi connectivity index (χ2n) is 6.97. The van der Waals surface area contributed by atoms with Gasteiger partial charge < -0.3 is 0 Å². The predicted molar refractivity (Wildman–Crippen MR) is 106 cm³/mol. The van der Waals surface area contributed by atoms with Crippen molar-refractivity contribution in [1.82, 2.24) is 0 Å². The van der Waals surface area contributed by atoms with E-state index in [0.717, 1.165) is 0 Å². The largest absolute Gasteiger partial charge is 0.271 e. The smallest absolute Gasteiger partial charge is 0.267 e. The Morgan fingerprint density at radius 3 is 1.25 bits per heavy atom. The van der Waals surface area contributed by atoms with E-state index in [1.165, 1.54) is 0 Å². The van der Waals surface area contributed by atoms with Crippen molar-refractivity contribution in [2.75, 3.05) is 0 Å². The lowest BCUT2D eigenvalue weighted by Gasteiger charge is -2.27. The molecule has 2 aromatic rings. The molecule has 6 nitrogen and oxygen atoms in total. The maximum atomic E-state index is 12.2. The summed E-state index contributed by atoms with van der Waals surface area (Å²) in [6.45, 7) is 0. The molecule has 1 fully saturated rings. The zero-order valence-corrected chi connectivity index (χ0v) is 17.1. The minimum absolute atomic E-state index is 0.171. The Morgan fingerprint density at radius 1 is 0.607 bits per heavy atom. The number of rotatable bonds is 8. The van der Waals surface area contributed by atoms with Crippen LogP contribution in [-0.2, 0) is 40.1 Å². The number of hydrogen-bond acceptors (Lipinski definition) is 6. The van der Waals surface area contributed by atoms with Crippen LogP contribution in [0.4, 0.5) is 0 Å². The number of hydrogen-bond donors (Lipinski definition) is 0. The topological polar surface area (TPSA) is 86.7 Å². The van der Waals surface area contributed by atoms with Crippen molar-refractivity contribution < 1.29 is 25.2 Å². The highest BCUT2D eigenvalue weighted by molar-refractivity contribution is 7.86. The lowest BCUT2D eigenvalue weighted by atomic mass is 9.95. The van der Waals surface area contributed by atoms with Crippen LogP contribution in [0.5, 0.6) is 0 Å². The van der Waals surface area contributed by atoms with Crippen LogP contribution in [0.15, 0.2) is 60.7 Å². The molecule has 0 spiro atoms. The molecule has 0 N–H and O–H groups in total. The highest BCUT2D eigenvalue weighted by Gasteiger charge is 2.29. The first-order chi connectivity index (χ1) is 13.3. The quantitative estimate of drug-likeness (QED) is 0.604. The van der Waals surface area contributed by atoms with Crippen LogP contribution in [0.2, 0.25) is 0 Å². The normalized spacial score (nSPS) is 20.7. The lowest BCUT2D eigenvalue weighted by Crippen LogP contribution is -2.30. The second kappa shape index (κ2) is 9.17. The Labute approximate surface area is 166 Å². The summed E-state index contributed by atoms with van der Waals surface area (Å²) >= 11 is 0. The summed E-state index contributed by atoms with van der Waals surface area (Å²) in [6, 6.07) is 17.7. The van der Waals surface area contributed by atoms with Crippen molar-refractivity contribution >= 4 is 20.2 Å². The summed E-state index contributed by atoms with van der Waals surface area (Å²) in [5, 5.41) is 0. The standard InChI is InChI=1S/C20H24O6S2/c21-27(22,15-17-7-3-1-4-8-17)25-19-11-13-20(14-12-19)26-28(23,24)16-18-9-5-2-6-10-18/h1-10,19-20H,11-16H2. The van der Waals surface area contributed by atoms with Crippen molar-refractivity contribution in [3.8, 4) is 0 Å². The molecule has 0 unspecified atom stereocenters. The molecule has 0 saturated heterocycles. The van der Waals surface area contributed by atoms with Crippen molar-refractivity contribution in [2.45, 2.75) is 49.4 Å². The monoisotopic (exact) mass is 424 g/mol. The van der Waals surface area contributed by atoms with Crippen LogP contribution in [0.1, 0.15) is 36.8 Å². The van der Waals surface area contributed by atoms with Crippen molar-refractivity contribution in [3.05, 3.63) is 71.8 Å². The zero-order chi connectivity index (χ0) is 20.0. The molecule has 8 heteroatoms. The molecule has 0 aliphatic heterocycles. The van der Waals surface area contributed by atoms with Gasteiger partial charge in [-0.05, 0) is 36.8 Å². The molecule has 1 aliphatic rings. The fourth-order valence-electron chi connectivity index (χ4n) is 3.26. The molecule has 0 radical (unpaired) electrons. The van der Waals surface area contributed by atoms with E-state index in [-0.39, 0.29) is 11.5 Å². The van der Waals surface area contributed by atoms with Gasteiger partial charge in [0.25, 0.3) is 20.2 Å². The summed E-state index contributed by atoms with van der Waals surface area (Å²) < 4.78 is 59.6. The summed E-state index contributed by atoms with van der Waals surface area (Å²) in [7, 11) is -7.37. The van der Waals surface area contributed by atoms with Crippen LogP contribution >= 0.6 is 0 Å². The van der Waals surface area contributed by atoms with Crippen molar-refractivity contribution in [1.29, 1.82) is 0 Å². The molecule has 28 heavy (non-hydrogen) atoms. The highest BCUT2D eigenvalue weighted by Crippen LogP contribution is 2.27. The molecular formula is C20H24O6S2. The van der Waals surface area contributed by atoms with E-state index in [4.69, 9.17) is 8.37 Å². The average Bonchev–Trinajstić information content (AvgIpc) is 2.64. The second-order valence-corrected chi connectivity index (χ2v) is 10.2. The maximum Gasteiger partial charge on any atom is 0.271 e. The van der Waals surface area contributed by atoms with E-state index in [9.17, 15) is 16.8 Å². The van der Waals surface area contributed by atoms with Gasteiger partial charge in [0.05, 0.1) is 12.2 Å². The summed E-state index contributed by atoms with van der Waals surface area (Å²) in [5.41, 5.74) is 1.35. The zero-order valence-electron chi connectivity index (χ0n) is 15.4. The van der Waals surface area contributed by atoms with Gasteiger partial charge in [0.1, 0.15) is 11.5 Å². The minimum Gasteiger partial charge on any atom is -0.267 e. The fraction of sp³-hybridized carbons (Fsp3) is 0.400. The predicted octanol–water partition coefficient (Wildman–Crippen LogP) is 3.39. The van der Waals surface area contributed by atoms with Gasteiger partial charge in [0.15, 0.2) is 0 Å². The van der Waals surface area contributed by atoms with Crippen LogP contribution in [0, 0.1) is 0 Å². The van der Waals surface area contributed by atoms with Gasteiger partial charge in [-0.25, -0.2) is 0 Å². The van der Waals surface area contributed by atoms with Gasteiger partial charge in [-0.2, -0.15) is 16.8 Å². The first-order valence-corrected chi connectivity index (χ1v) is 12.4. The summed E-state index contributed by atoms with van der Waals surface area (Å²) in [5.74, 6) is -0.342. The third-order valence-electron chi connectivity index (χ3n) is 4.56. The first kappa shape index (κ1) is 21.0. The Bertz CT molecular complexity index is 867. The van der Waals surface area contributed by atoms with Gasteiger partial charge in [0, 0.05) is 0 Å². The molecule has 0 aromatic heterocycles. The molecule has 152 valence electrons. The van der Waals surface area contributed by atoms with E-state index >= 15 is 0 Å². The molecule has 2 aromatic carbocycles. The minimum atomic E-state index is -3.69. The maximum absolute atomic E-state index is 12.2. The lowest BCUT2D eigenvalue weighted by molar-refractivity contribution is 0.0875. The van der Waals surface area contributed by atoms with Gasteiger partial charge in [-0.3, -0.25) is 8.37 Å². The molecular weight excluding hydrogens is 400 g/mol. The third kappa shape index (κ3) is 6.70. The molecule has 0 heterocycles. The molecule has 1 aliphatic carbocycles. The average molecular weight is 425 g/mol. The SMILES string of the molecule is O=S(=O)(Cc1ccccc1)OC1CCC(OS(=O)(=O)Cc2ccccc2)CC1. The molecule has 1 saturated carbocycles. The third-order valence-corrected chi connectivity index (χ3v) is 7.06. The number of benzene rings is 2.